The van der Waals surface area contributed by atoms with Crippen LogP contribution in [0.2, 0.25) is 5.02 Å². The predicted molar refractivity (Wildman–Crippen MR) is 130 cm³/mol. The molecule has 0 N–H and O–H groups in total. The van der Waals surface area contributed by atoms with E-state index in [1.807, 2.05) is 30.3 Å². The van der Waals surface area contributed by atoms with Gasteiger partial charge in [-0.15, -0.1) is 0 Å². The lowest BCUT2D eigenvalue weighted by molar-refractivity contribution is -0.131. The van der Waals surface area contributed by atoms with Gasteiger partial charge in [-0.25, -0.2) is 18.9 Å². The van der Waals surface area contributed by atoms with E-state index in [0.717, 1.165) is 15.4 Å². The molecule has 1 aliphatic heterocycles. The molecule has 3 amide bonds. The zero-order valence-corrected chi connectivity index (χ0v) is 20.8. The Morgan fingerprint density at radius 3 is 2.43 bits per heavy atom. The Labute approximate surface area is 209 Å². The molecule has 188 valence electrons. The highest BCUT2D eigenvalue weighted by atomic mass is 35.5. The number of amides is 3. The molecule has 2 atom stereocenters. The third-order valence-corrected chi connectivity index (χ3v) is 5.74. The van der Waals surface area contributed by atoms with Gasteiger partial charge in [-0.2, -0.15) is 0 Å². The minimum Gasteiger partial charge on any atom is -0.447 e. The molecule has 0 aliphatic carbocycles. The quantitative estimate of drug-likeness (QED) is 0.492. The highest BCUT2D eigenvalue weighted by molar-refractivity contribution is 6.30. The van der Waals surface area contributed by atoms with Crippen LogP contribution in [0.3, 0.4) is 0 Å². The molecule has 35 heavy (non-hydrogen) atoms. The number of ether oxygens (including phenoxy) is 2. The number of cyclic esters (lactones) is 1. The number of halogens is 2. The first-order valence-corrected chi connectivity index (χ1v) is 11.8. The molecule has 1 saturated heterocycles. The van der Waals surface area contributed by atoms with Crippen molar-refractivity contribution in [3.63, 3.8) is 0 Å². The van der Waals surface area contributed by atoms with E-state index in [9.17, 15) is 18.8 Å². The Hall–Kier alpha value is -3.13. The van der Waals surface area contributed by atoms with E-state index < -0.39 is 42.3 Å². The molecule has 0 saturated carbocycles. The van der Waals surface area contributed by atoms with Crippen LogP contribution in [-0.4, -0.2) is 65.9 Å². The number of carbonyl (C=O) groups is 3. The van der Waals surface area contributed by atoms with Gasteiger partial charge in [-0.3, -0.25) is 4.79 Å². The maximum absolute atomic E-state index is 13.8. The minimum atomic E-state index is -0.963. The largest absolute Gasteiger partial charge is 0.447 e. The van der Waals surface area contributed by atoms with E-state index in [0.29, 0.717) is 17.0 Å². The number of alkyl halides is 1. The van der Waals surface area contributed by atoms with Crippen LogP contribution in [0.4, 0.5) is 14.0 Å². The lowest BCUT2D eigenvalue weighted by atomic mass is 9.95. The average molecular weight is 505 g/mol. The fourth-order valence-corrected chi connectivity index (χ4v) is 3.99. The van der Waals surface area contributed by atoms with E-state index in [1.165, 1.54) is 0 Å². The molecule has 2 aromatic rings. The van der Waals surface area contributed by atoms with E-state index in [4.69, 9.17) is 21.1 Å². The Morgan fingerprint density at radius 1 is 1.17 bits per heavy atom. The molecule has 0 unspecified atom stereocenters. The lowest BCUT2D eigenvalue weighted by Crippen LogP contribution is -2.47. The topological polar surface area (TPSA) is 76.2 Å². The van der Waals surface area contributed by atoms with Crippen LogP contribution >= 0.6 is 11.6 Å². The highest BCUT2D eigenvalue weighted by Crippen LogP contribution is 2.27. The monoisotopic (exact) mass is 504 g/mol. The van der Waals surface area contributed by atoms with Crippen LogP contribution in [0.15, 0.2) is 54.6 Å². The second-order valence-electron chi connectivity index (χ2n) is 9.35. The fraction of sp³-hybridized carbons (Fsp3) is 0.423. The summed E-state index contributed by atoms with van der Waals surface area (Å²) in [4.78, 5) is 41.5. The normalized spacial score (nSPS) is 16.5. The summed E-state index contributed by atoms with van der Waals surface area (Å²) in [6, 6.07) is 15.5. The first-order chi connectivity index (χ1) is 16.6. The molecule has 0 spiro atoms. The molecule has 2 aromatic carbocycles. The van der Waals surface area contributed by atoms with Crippen LogP contribution in [0.25, 0.3) is 0 Å². The zero-order chi connectivity index (χ0) is 25.6. The van der Waals surface area contributed by atoms with Crippen LogP contribution in [0, 0.1) is 0 Å². The lowest BCUT2D eigenvalue weighted by Gasteiger charge is -2.31. The molecule has 1 aliphatic rings. The van der Waals surface area contributed by atoms with Gasteiger partial charge < -0.3 is 14.4 Å². The smallest absolute Gasteiger partial charge is 0.417 e. The van der Waals surface area contributed by atoms with Crippen LogP contribution in [0.1, 0.15) is 37.8 Å². The van der Waals surface area contributed by atoms with E-state index in [1.54, 1.807) is 45.0 Å². The molecular weight excluding hydrogens is 475 g/mol. The van der Waals surface area contributed by atoms with Crippen molar-refractivity contribution in [2.24, 2.45) is 0 Å². The summed E-state index contributed by atoms with van der Waals surface area (Å²) >= 11 is 6.03. The summed E-state index contributed by atoms with van der Waals surface area (Å²) in [7, 11) is 0. The van der Waals surface area contributed by atoms with E-state index in [2.05, 4.69) is 0 Å². The summed E-state index contributed by atoms with van der Waals surface area (Å²) in [5.74, 6) is -1.50. The first-order valence-electron chi connectivity index (χ1n) is 11.4. The summed E-state index contributed by atoms with van der Waals surface area (Å²) in [6.07, 6.45) is -1.07. The van der Waals surface area contributed by atoms with Gasteiger partial charge in [0, 0.05) is 11.6 Å². The number of nitrogens with zero attached hydrogens (tertiary/aromatic N) is 2. The number of benzene rings is 2. The maximum Gasteiger partial charge on any atom is 0.417 e. The van der Waals surface area contributed by atoms with Gasteiger partial charge in [0.2, 0.25) is 5.91 Å². The van der Waals surface area contributed by atoms with Gasteiger partial charge in [-0.05, 0) is 50.5 Å². The van der Waals surface area contributed by atoms with E-state index in [-0.39, 0.29) is 19.7 Å². The van der Waals surface area contributed by atoms with Crippen molar-refractivity contribution >= 4 is 29.7 Å². The number of imide groups is 1. The van der Waals surface area contributed by atoms with Gasteiger partial charge in [0.1, 0.15) is 18.9 Å². The second kappa shape index (κ2) is 11.5. The fourth-order valence-electron chi connectivity index (χ4n) is 3.86. The van der Waals surface area contributed by atoms with Crippen molar-refractivity contribution in [2.75, 3.05) is 26.4 Å². The number of hydrogen-bond acceptors (Lipinski definition) is 5. The van der Waals surface area contributed by atoms with Crippen LogP contribution in [0.5, 0.6) is 0 Å². The summed E-state index contributed by atoms with van der Waals surface area (Å²) in [5, 5.41) is 0.468. The van der Waals surface area contributed by atoms with Crippen molar-refractivity contribution in [3.8, 4) is 0 Å². The van der Waals surface area contributed by atoms with Gasteiger partial charge in [0.25, 0.3) is 0 Å². The van der Waals surface area contributed by atoms with Crippen LogP contribution < -0.4 is 0 Å². The number of rotatable bonds is 8. The standard InChI is InChI=1S/C26H30ClFN2O5/c1-26(2,3)35-24(32)29(14-13-28)16-22(19-9-11-20(27)12-10-19)23(31)30-21(17-34-25(30)33)15-18-7-5-4-6-8-18/h4-12,21-22H,13-17H2,1-3H3/t21-,22-/m1/s1. The second-order valence-corrected chi connectivity index (χ2v) is 9.78. The summed E-state index contributed by atoms with van der Waals surface area (Å²) in [6.45, 7) is 3.92. The molecule has 1 heterocycles. The molecule has 0 bridgehead atoms. The zero-order valence-electron chi connectivity index (χ0n) is 20.1. The maximum atomic E-state index is 13.8. The molecule has 3 rings (SSSR count). The molecule has 1 fully saturated rings. The highest BCUT2D eigenvalue weighted by Gasteiger charge is 2.42. The summed E-state index contributed by atoms with van der Waals surface area (Å²) < 4.78 is 24.0. The first kappa shape index (κ1) is 26.5. The van der Waals surface area contributed by atoms with Gasteiger partial charge in [0.15, 0.2) is 0 Å². The Bertz CT molecular complexity index is 1030. The SMILES string of the molecule is CC(C)(C)OC(=O)N(CCF)C[C@@H](C(=O)N1C(=O)OC[C@H]1Cc1ccccc1)c1ccc(Cl)cc1. The average Bonchev–Trinajstić information content (AvgIpc) is 3.16. The molecule has 0 radical (unpaired) electrons. The molecule has 0 aromatic heterocycles. The third-order valence-electron chi connectivity index (χ3n) is 5.49. The summed E-state index contributed by atoms with van der Waals surface area (Å²) in [5.41, 5.74) is 0.680. The van der Waals surface area contributed by atoms with Gasteiger partial charge in [0.05, 0.1) is 18.5 Å². The van der Waals surface area contributed by atoms with Crippen molar-refractivity contribution in [1.82, 2.24) is 9.80 Å². The Kier molecular flexibility index (Phi) is 8.72. The number of hydrogen-bond donors (Lipinski definition) is 0. The predicted octanol–water partition coefficient (Wildman–Crippen LogP) is 5.22. The van der Waals surface area contributed by atoms with Crippen molar-refractivity contribution in [1.29, 1.82) is 0 Å². The van der Waals surface area contributed by atoms with Crippen LogP contribution in [-0.2, 0) is 20.7 Å². The number of carbonyl (C=O) groups excluding carboxylic acids is 3. The van der Waals surface area contributed by atoms with E-state index >= 15 is 0 Å². The minimum absolute atomic E-state index is 0.0626. The van der Waals surface area contributed by atoms with Crippen molar-refractivity contribution < 1.29 is 28.2 Å². The molecule has 9 heteroatoms. The molecular formula is C26H30ClFN2O5. The third kappa shape index (κ3) is 7.18. The van der Waals surface area contributed by atoms with Gasteiger partial charge in [-0.1, -0.05) is 54.1 Å². The Balaban J connectivity index is 1.91. The van der Waals surface area contributed by atoms with Crippen molar-refractivity contribution in [3.05, 3.63) is 70.7 Å². The van der Waals surface area contributed by atoms with Crippen molar-refractivity contribution in [2.45, 2.75) is 44.8 Å². The Morgan fingerprint density at radius 2 is 1.83 bits per heavy atom. The molecule has 7 nitrogen and oxygen atoms in total. The van der Waals surface area contributed by atoms with Gasteiger partial charge >= 0.3 is 12.2 Å².